The highest BCUT2D eigenvalue weighted by molar-refractivity contribution is 6.23. The van der Waals surface area contributed by atoms with E-state index < -0.39 is 23.8 Å². The summed E-state index contributed by atoms with van der Waals surface area (Å²) in [5, 5.41) is 2.40. The predicted octanol–water partition coefficient (Wildman–Crippen LogP) is 0.118. The Morgan fingerprint density at radius 1 is 1.22 bits per heavy atom. The van der Waals surface area contributed by atoms with E-state index in [-0.39, 0.29) is 30.4 Å². The average molecular weight is 316 g/mol. The lowest BCUT2D eigenvalue weighted by molar-refractivity contribution is -0.124. The topological polar surface area (TPSA) is 101 Å². The molecule has 0 saturated carbocycles. The number of amides is 3. The molecule has 1 aliphatic heterocycles. The molecule has 0 saturated heterocycles. The number of aldehydes is 2. The van der Waals surface area contributed by atoms with Gasteiger partial charge in [0.1, 0.15) is 18.6 Å². The first-order chi connectivity index (χ1) is 11.1. The second-order valence-electron chi connectivity index (χ2n) is 5.06. The van der Waals surface area contributed by atoms with Gasteiger partial charge in [-0.3, -0.25) is 19.3 Å². The van der Waals surface area contributed by atoms with Crippen LogP contribution in [0.2, 0.25) is 0 Å². The minimum atomic E-state index is -1.05. The molecule has 1 aliphatic rings. The van der Waals surface area contributed by atoms with Crippen LogP contribution in [0.4, 0.5) is 0 Å². The number of imide groups is 1. The highest BCUT2D eigenvalue weighted by Crippen LogP contribution is 2.29. The zero-order valence-corrected chi connectivity index (χ0v) is 12.6. The molecule has 7 heteroatoms. The number of rotatable bonds is 7. The molecule has 1 N–H and O–H groups in total. The van der Waals surface area contributed by atoms with Crippen molar-refractivity contribution in [3.8, 4) is 0 Å². The normalized spacial score (nSPS) is 14.4. The summed E-state index contributed by atoms with van der Waals surface area (Å²) in [4.78, 5) is 59.4. The van der Waals surface area contributed by atoms with Crippen LogP contribution in [0, 0.1) is 0 Å². The molecular formula is C16H16N2O5. The smallest absolute Gasteiger partial charge is 0.262 e. The third kappa shape index (κ3) is 2.90. The predicted molar refractivity (Wildman–Crippen MR) is 79.9 cm³/mol. The Balaban J connectivity index is 2.45. The number of carbonyl (C=O) groups is 5. The summed E-state index contributed by atoms with van der Waals surface area (Å²) in [6.45, 7) is 0. The number of hydrogen-bond acceptors (Lipinski definition) is 5. The molecule has 0 spiro atoms. The molecule has 3 amide bonds. The largest absolute Gasteiger partial charge is 0.357 e. The van der Waals surface area contributed by atoms with E-state index in [2.05, 4.69) is 5.32 Å². The second kappa shape index (κ2) is 6.95. The lowest BCUT2D eigenvalue weighted by atomic mass is 10.0. The third-order valence-corrected chi connectivity index (χ3v) is 3.75. The van der Waals surface area contributed by atoms with Gasteiger partial charge in [-0.25, -0.2) is 0 Å². The fourth-order valence-electron chi connectivity index (χ4n) is 2.69. The van der Waals surface area contributed by atoms with Crippen LogP contribution in [0.15, 0.2) is 18.2 Å². The van der Waals surface area contributed by atoms with Gasteiger partial charge in [-0.2, -0.15) is 0 Å². The van der Waals surface area contributed by atoms with E-state index in [9.17, 15) is 24.0 Å². The highest BCUT2D eigenvalue weighted by atomic mass is 16.2. The van der Waals surface area contributed by atoms with Gasteiger partial charge in [0.15, 0.2) is 0 Å². The van der Waals surface area contributed by atoms with Crippen molar-refractivity contribution < 1.29 is 24.0 Å². The zero-order valence-electron chi connectivity index (χ0n) is 12.6. The number of hydrogen-bond donors (Lipinski definition) is 1. The first kappa shape index (κ1) is 16.5. The molecule has 120 valence electrons. The maximum atomic E-state index is 12.6. The molecule has 0 bridgehead atoms. The molecular weight excluding hydrogens is 300 g/mol. The summed E-state index contributed by atoms with van der Waals surface area (Å²) in [6.07, 6.45) is 1.39. The van der Waals surface area contributed by atoms with E-state index in [1.807, 2.05) is 0 Å². The van der Waals surface area contributed by atoms with Crippen molar-refractivity contribution in [1.29, 1.82) is 0 Å². The van der Waals surface area contributed by atoms with E-state index in [0.717, 1.165) is 4.90 Å². The molecule has 1 aromatic rings. The Labute approximate surface area is 132 Å². The maximum absolute atomic E-state index is 12.6. The molecule has 2 rings (SSSR count). The summed E-state index contributed by atoms with van der Waals surface area (Å²) in [6, 6.07) is 3.63. The lowest BCUT2D eigenvalue weighted by Gasteiger charge is -2.24. The molecule has 1 unspecified atom stereocenters. The fourth-order valence-corrected chi connectivity index (χ4v) is 2.69. The number of carbonyl (C=O) groups excluding carboxylic acids is 5. The molecule has 7 nitrogen and oxygen atoms in total. The van der Waals surface area contributed by atoms with Crippen molar-refractivity contribution in [2.45, 2.75) is 25.3 Å². The van der Waals surface area contributed by atoms with Crippen LogP contribution in [-0.2, 0) is 20.8 Å². The van der Waals surface area contributed by atoms with Crippen LogP contribution in [0.1, 0.15) is 39.1 Å². The van der Waals surface area contributed by atoms with Crippen molar-refractivity contribution >= 4 is 30.3 Å². The maximum Gasteiger partial charge on any atom is 0.262 e. The van der Waals surface area contributed by atoms with Gasteiger partial charge in [0.25, 0.3) is 11.8 Å². The molecule has 0 radical (unpaired) electrons. The minimum Gasteiger partial charge on any atom is -0.357 e. The Morgan fingerprint density at radius 3 is 2.57 bits per heavy atom. The van der Waals surface area contributed by atoms with Crippen LogP contribution in [0.3, 0.4) is 0 Å². The average Bonchev–Trinajstić information content (AvgIpc) is 2.81. The second-order valence-corrected chi connectivity index (χ2v) is 5.06. The quantitative estimate of drug-likeness (QED) is 0.569. The fraction of sp³-hybridized carbons (Fsp3) is 0.312. The van der Waals surface area contributed by atoms with Gasteiger partial charge in [-0.15, -0.1) is 0 Å². The SMILES string of the molecule is CNC(=O)C(CCC=O)N1C(=O)c2cccc(CC=O)c2C1=O. The van der Waals surface area contributed by atoms with Gasteiger partial charge < -0.3 is 14.9 Å². The summed E-state index contributed by atoms with van der Waals surface area (Å²) < 4.78 is 0. The first-order valence-corrected chi connectivity index (χ1v) is 7.15. The first-order valence-electron chi connectivity index (χ1n) is 7.15. The van der Waals surface area contributed by atoms with Crippen LogP contribution in [-0.4, -0.2) is 48.3 Å². The van der Waals surface area contributed by atoms with E-state index in [1.54, 1.807) is 12.1 Å². The summed E-state index contributed by atoms with van der Waals surface area (Å²) in [5.74, 6) is -1.71. The molecule has 0 aromatic heterocycles. The highest BCUT2D eigenvalue weighted by Gasteiger charge is 2.43. The van der Waals surface area contributed by atoms with Gasteiger partial charge in [-0.05, 0) is 18.1 Å². The van der Waals surface area contributed by atoms with Gasteiger partial charge in [0.2, 0.25) is 5.91 Å². The molecule has 1 heterocycles. The summed E-state index contributed by atoms with van der Waals surface area (Å²) in [5.41, 5.74) is 0.781. The van der Waals surface area contributed by atoms with Crippen LogP contribution in [0.5, 0.6) is 0 Å². The number of nitrogens with zero attached hydrogens (tertiary/aromatic N) is 1. The van der Waals surface area contributed by atoms with Crippen LogP contribution < -0.4 is 5.32 Å². The molecule has 1 aromatic carbocycles. The van der Waals surface area contributed by atoms with Gasteiger partial charge in [0, 0.05) is 19.9 Å². The number of fused-ring (bicyclic) bond motifs is 1. The Bertz CT molecular complexity index is 683. The zero-order chi connectivity index (χ0) is 17.0. The van der Waals surface area contributed by atoms with Crippen molar-refractivity contribution in [1.82, 2.24) is 10.2 Å². The van der Waals surface area contributed by atoms with Gasteiger partial charge in [-0.1, -0.05) is 12.1 Å². The minimum absolute atomic E-state index is 0.00894. The van der Waals surface area contributed by atoms with E-state index in [1.165, 1.54) is 13.1 Å². The standard InChI is InChI=1S/C16H16N2O5/c1-17-14(21)12(6-3-8-19)18-15(22)11-5-2-4-10(7-9-20)13(11)16(18)23/h2,4-5,8-9,12H,3,6-7H2,1H3,(H,17,21). The molecule has 1 atom stereocenters. The number of benzene rings is 1. The number of nitrogens with one attached hydrogen (secondary N) is 1. The van der Waals surface area contributed by atoms with Crippen LogP contribution >= 0.6 is 0 Å². The van der Waals surface area contributed by atoms with E-state index in [4.69, 9.17) is 0 Å². The number of likely N-dealkylation sites (N-methyl/N-ethyl adjacent to an activating group) is 1. The van der Waals surface area contributed by atoms with E-state index >= 15 is 0 Å². The van der Waals surface area contributed by atoms with Gasteiger partial charge in [0.05, 0.1) is 11.1 Å². The summed E-state index contributed by atoms with van der Waals surface area (Å²) >= 11 is 0. The van der Waals surface area contributed by atoms with Crippen molar-refractivity contribution in [2.24, 2.45) is 0 Å². The lowest BCUT2D eigenvalue weighted by Crippen LogP contribution is -2.48. The van der Waals surface area contributed by atoms with Crippen molar-refractivity contribution in [3.05, 3.63) is 34.9 Å². The van der Waals surface area contributed by atoms with Crippen LogP contribution in [0.25, 0.3) is 0 Å². The van der Waals surface area contributed by atoms with Crippen molar-refractivity contribution in [3.63, 3.8) is 0 Å². The van der Waals surface area contributed by atoms with Gasteiger partial charge >= 0.3 is 0 Å². The Morgan fingerprint density at radius 2 is 1.96 bits per heavy atom. The monoisotopic (exact) mass is 316 g/mol. The summed E-state index contributed by atoms with van der Waals surface area (Å²) in [7, 11) is 1.40. The third-order valence-electron chi connectivity index (χ3n) is 3.75. The van der Waals surface area contributed by atoms with Crippen molar-refractivity contribution in [2.75, 3.05) is 7.05 Å². The molecule has 0 fully saturated rings. The molecule has 0 aliphatic carbocycles. The Kier molecular flexibility index (Phi) is 5.00. The molecule has 23 heavy (non-hydrogen) atoms. The Hall–Kier alpha value is -2.83. The van der Waals surface area contributed by atoms with E-state index in [0.29, 0.717) is 18.1 Å².